The van der Waals surface area contributed by atoms with Gasteiger partial charge in [0.2, 0.25) is 11.8 Å². The Bertz CT molecular complexity index is 1010. The van der Waals surface area contributed by atoms with E-state index in [1.807, 2.05) is 0 Å². The van der Waals surface area contributed by atoms with Gasteiger partial charge < -0.3 is 9.80 Å². The van der Waals surface area contributed by atoms with Crippen LogP contribution in [0.25, 0.3) is 12.2 Å². The van der Waals surface area contributed by atoms with Crippen LogP contribution < -0.4 is 0 Å². The van der Waals surface area contributed by atoms with E-state index in [9.17, 15) is 35.9 Å². The van der Waals surface area contributed by atoms with Gasteiger partial charge in [0.05, 0.1) is 11.1 Å². The fraction of sp³-hybridized carbons (Fsp3) is 0.250. The Morgan fingerprint density at radius 3 is 1.26 bits per heavy atom. The summed E-state index contributed by atoms with van der Waals surface area (Å²) in [6.45, 7) is 0.567. The van der Waals surface area contributed by atoms with Gasteiger partial charge in [0.25, 0.3) is 0 Å². The molecule has 0 spiro atoms. The van der Waals surface area contributed by atoms with Crippen molar-refractivity contribution in [3.8, 4) is 0 Å². The molecule has 34 heavy (non-hydrogen) atoms. The number of nitrogens with zero attached hydrogens (tertiary/aromatic N) is 2. The third kappa shape index (κ3) is 6.27. The Kier molecular flexibility index (Phi) is 7.48. The summed E-state index contributed by atoms with van der Waals surface area (Å²) in [7, 11) is 0. The Morgan fingerprint density at radius 2 is 0.941 bits per heavy atom. The summed E-state index contributed by atoms with van der Waals surface area (Å²) < 4.78 is 78.4. The maximum absolute atomic E-state index is 13.1. The molecule has 4 nitrogen and oxygen atoms in total. The van der Waals surface area contributed by atoms with E-state index in [2.05, 4.69) is 0 Å². The smallest absolute Gasteiger partial charge is 0.336 e. The minimum atomic E-state index is -4.55. The number of piperazine rings is 1. The van der Waals surface area contributed by atoms with Crippen LogP contribution >= 0.6 is 0 Å². The maximum Gasteiger partial charge on any atom is 0.416 e. The number of amides is 2. The lowest BCUT2D eigenvalue weighted by Crippen LogP contribution is -2.49. The number of carbonyl (C=O) groups excluding carboxylic acids is 2. The van der Waals surface area contributed by atoms with Crippen LogP contribution in [0.4, 0.5) is 26.3 Å². The number of benzene rings is 2. The van der Waals surface area contributed by atoms with Crippen LogP contribution in [-0.4, -0.2) is 47.8 Å². The van der Waals surface area contributed by atoms with Gasteiger partial charge in [-0.2, -0.15) is 26.3 Å². The molecule has 0 atom stereocenters. The first-order valence-corrected chi connectivity index (χ1v) is 10.2. The molecule has 0 N–H and O–H groups in total. The molecule has 1 fully saturated rings. The number of hydrogen-bond donors (Lipinski definition) is 0. The van der Waals surface area contributed by atoms with E-state index in [-0.39, 0.29) is 37.3 Å². The van der Waals surface area contributed by atoms with Gasteiger partial charge >= 0.3 is 12.4 Å². The van der Waals surface area contributed by atoms with Crippen molar-refractivity contribution in [2.24, 2.45) is 0 Å². The lowest BCUT2D eigenvalue weighted by Gasteiger charge is -2.33. The van der Waals surface area contributed by atoms with Crippen LogP contribution in [0.15, 0.2) is 60.7 Å². The first kappa shape index (κ1) is 25.1. The monoisotopic (exact) mass is 482 g/mol. The van der Waals surface area contributed by atoms with E-state index in [1.165, 1.54) is 46.2 Å². The average Bonchev–Trinajstić information content (AvgIpc) is 2.80. The van der Waals surface area contributed by atoms with E-state index in [4.69, 9.17) is 0 Å². The molecule has 1 aliphatic heterocycles. The molecular formula is C24H20F6N2O2. The zero-order chi connectivity index (χ0) is 24.9. The van der Waals surface area contributed by atoms with E-state index in [0.717, 1.165) is 36.4 Å². The van der Waals surface area contributed by atoms with Crippen LogP contribution in [0.2, 0.25) is 0 Å². The van der Waals surface area contributed by atoms with Crippen molar-refractivity contribution in [3.05, 3.63) is 82.9 Å². The average molecular weight is 482 g/mol. The van der Waals surface area contributed by atoms with Crippen LogP contribution in [0, 0.1) is 0 Å². The molecule has 2 aromatic carbocycles. The summed E-state index contributed by atoms with van der Waals surface area (Å²) in [6, 6.07) is 9.75. The summed E-state index contributed by atoms with van der Waals surface area (Å²) in [5.74, 6) is -1.00. The van der Waals surface area contributed by atoms with Gasteiger partial charge in [-0.05, 0) is 35.4 Å². The van der Waals surface area contributed by atoms with Gasteiger partial charge in [-0.25, -0.2) is 0 Å². The quantitative estimate of drug-likeness (QED) is 0.448. The fourth-order valence-corrected chi connectivity index (χ4v) is 3.48. The minimum absolute atomic E-state index is 0.138. The van der Waals surface area contributed by atoms with Gasteiger partial charge in [-0.1, -0.05) is 36.4 Å². The van der Waals surface area contributed by atoms with Gasteiger partial charge in [0.15, 0.2) is 0 Å². The highest BCUT2D eigenvalue weighted by Gasteiger charge is 2.33. The second kappa shape index (κ2) is 10.1. The summed E-state index contributed by atoms with van der Waals surface area (Å²) in [5.41, 5.74) is -1.98. The summed E-state index contributed by atoms with van der Waals surface area (Å²) >= 11 is 0. The molecule has 1 aliphatic rings. The maximum atomic E-state index is 13.1. The van der Waals surface area contributed by atoms with Gasteiger partial charge in [-0.3, -0.25) is 9.59 Å². The molecule has 0 aliphatic carbocycles. The van der Waals surface area contributed by atoms with Crippen molar-refractivity contribution in [2.45, 2.75) is 12.4 Å². The molecule has 0 saturated carbocycles. The highest BCUT2D eigenvalue weighted by atomic mass is 19.4. The van der Waals surface area contributed by atoms with Crippen LogP contribution in [0.3, 0.4) is 0 Å². The van der Waals surface area contributed by atoms with Crippen molar-refractivity contribution in [2.75, 3.05) is 26.2 Å². The Balaban J connectivity index is 1.59. The molecule has 0 unspecified atom stereocenters. The molecule has 2 amide bonds. The van der Waals surface area contributed by atoms with E-state index < -0.39 is 35.3 Å². The molecule has 0 bridgehead atoms. The highest BCUT2D eigenvalue weighted by molar-refractivity contribution is 5.93. The number of hydrogen-bond acceptors (Lipinski definition) is 2. The predicted octanol–water partition coefficient (Wildman–Crippen LogP) is 5.12. The minimum Gasteiger partial charge on any atom is -0.336 e. The molecule has 180 valence electrons. The fourth-order valence-electron chi connectivity index (χ4n) is 3.48. The van der Waals surface area contributed by atoms with Crippen LogP contribution in [0.1, 0.15) is 22.3 Å². The third-order valence-electron chi connectivity index (χ3n) is 5.25. The molecule has 1 heterocycles. The van der Waals surface area contributed by atoms with Gasteiger partial charge in [0, 0.05) is 38.3 Å². The first-order valence-electron chi connectivity index (χ1n) is 10.2. The zero-order valence-corrected chi connectivity index (χ0v) is 17.7. The van der Waals surface area contributed by atoms with Crippen molar-refractivity contribution in [1.82, 2.24) is 9.80 Å². The predicted molar refractivity (Wildman–Crippen MR) is 114 cm³/mol. The second-order valence-corrected chi connectivity index (χ2v) is 7.49. The summed E-state index contributed by atoms with van der Waals surface area (Å²) in [5, 5.41) is 0. The summed E-state index contributed by atoms with van der Waals surface area (Å²) in [6.07, 6.45) is -4.80. The molecule has 0 radical (unpaired) electrons. The zero-order valence-electron chi connectivity index (χ0n) is 17.7. The first-order chi connectivity index (χ1) is 16.0. The molecular weight excluding hydrogens is 462 g/mol. The number of rotatable bonds is 4. The standard InChI is InChI=1S/C24H20F6N2O2/c25-23(26,27)19-7-3-1-5-17(19)9-11-21(33)31-13-15-32(16-14-31)22(34)12-10-18-6-2-4-8-20(18)24(28,29)30/h1-12H,13-16H2/b11-9+,12-10+. The lowest BCUT2D eigenvalue weighted by atomic mass is 10.1. The number of halogens is 6. The van der Waals surface area contributed by atoms with E-state index in [0.29, 0.717) is 0 Å². The van der Waals surface area contributed by atoms with Crippen LogP contribution in [-0.2, 0) is 21.9 Å². The largest absolute Gasteiger partial charge is 0.416 e. The number of alkyl halides is 6. The Hall–Kier alpha value is -3.56. The van der Waals surface area contributed by atoms with Gasteiger partial charge in [0.1, 0.15) is 0 Å². The normalized spacial score (nSPS) is 15.4. The molecule has 2 aromatic rings. The van der Waals surface area contributed by atoms with Crippen molar-refractivity contribution < 1.29 is 35.9 Å². The summed E-state index contributed by atoms with van der Waals surface area (Å²) in [4.78, 5) is 27.5. The topological polar surface area (TPSA) is 40.6 Å². The Labute approximate surface area is 191 Å². The Morgan fingerprint density at radius 1 is 0.618 bits per heavy atom. The third-order valence-corrected chi connectivity index (χ3v) is 5.25. The van der Waals surface area contributed by atoms with E-state index in [1.54, 1.807) is 0 Å². The van der Waals surface area contributed by atoms with Crippen molar-refractivity contribution in [3.63, 3.8) is 0 Å². The SMILES string of the molecule is O=C(/C=C/c1ccccc1C(F)(F)F)N1CCN(C(=O)/C=C/c2ccccc2C(F)(F)F)CC1. The molecule has 3 rings (SSSR count). The van der Waals surface area contributed by atoms with Crippen molar-refractivity contribution in [1.29, 1.82) is 0 Å². The number of carbonyl (C=O) groups is 2. The molecule has 10 heteroatoms. The lowest BCUT2D eigenvalue weighted by molar-refractivity contribution is -0.138. The highest BCUT2D eigenvalue weighted by Crippen LogP contribution is 2.33. The molecule has 0 aromatic heterocycles. The van der Waals surface area contributed by atoms with Gasteiger partial charge in [-0.15, -0.1) is 0 Å². The molecule has 1 saturated heterocycles. The van der Waals surface area contributed by atoms with E-state index >= 15 is 0 Å². The second-order valence-electron chi connectivity index (χ2n) is 7.49. The van der Waals surface area contributed by atoms with Crippen LogP contribution in [0.5, 0.6) is 0 Å². The van der Waals surface area contributed by atoms with Crippen molar-refractivity contribution >= 4 is 24.0 Å².